The Morgan fingerprint density at radius 3 is 2.70 bits per heavy atom. The van der Waals surface area contributed by atoms with Crippen molar-refractivity contribution in [2.24, 2.45) is 5.41 Å². The minimum atomic E-state index is -1.45. The minimum absolute atomic E-state index is 0.0905. The Labute approximate surface area is 305 Å². The number of anilines is 1. The number of hydrogen-bond donors (Lipinski definition) is 3. The maximum atomic E-state index is 17.3. The van der Waals surface area contributed by atoms with E-state index in [1.807, 2.05) is 4.90 Å². The number of hydrogen-bond acceptors (Lipinski definition) is 10. The van der Waals surface area contributed by atoms with E-state index >= 15 is 8.78 Å². The normalized spacial score (nSPS) is 24.2. The molecule has 1 saturated carbocycles. The van der Waals surface area contributed by atoms with Crippen LogP contribution in [-0.4, -0.2) is 102 Å². The van der Waals surface area contributed by atoms with Crippen LogP contribution >= 0.6 is 0 Å². The second-order valence-electron chi connectivity index (χ2n) is 14.7. The molecule has 3 aliphatic heterocycles. The van der Waals surface area contributed by atoms with Crippen LogP contribution in [0.25, 0.3) is 32.9 Å². The first-order valence-corrected chi connectivity index (χ1v) is 17.9. The van der Waals surface area contributed by atoms with Gasteiger partial charge in [0, 0.05) is 67.1 Å². The smallest absolute Gasteiger partial charge is 0.243 e. The number of carbonyl (C=O) groups excluding carboxylic acids is 1. The van der Waals surface area contributed by atoms with Gasteiger partial charge in [0.2, 0.25) is 11.8 Å². The molecule has 0 radical (unpaired) electrons. The van der Waals surface area contributed by atoms with Gasteiger partial charge in [0.25, 0.3) is 0 Å². The zero-order valence-corrected chi connectivity index (χ0v) is 29.5. The predicted molar refractivity (Wildman–Crippen MR) is 195 cm³/mol. The number of carbonyl (C=O) groups is 1. The molecule has 13 heteroatoms. The van der Waals surface area contributed by atoms with Gasteiger partial charge in [0.05, 0.1) is 54.9 Å². The number of fused-ring (bicyclic) bond motifs is 3. The number of ether oxygens (including phenoxy) is 3. The number of phenols is 1. The molecule has 11 nitrogen and oxygen atoms in total. The molecule has 2 saturated heterocycles. The molecule has 1 amide bonds. The third kappa shape index (κ3) is 6.33. The molecule has 1 aliphatic carbocycles. The van der Waals surface area contributed by atoms with Gasteiger partial charge in [-0.3, -0.25) is 14.7 Å². The molecule has 276 valence electrons. The molecular formula is C40H41F2N5O6. The summed E-state index contributed by atoms with van der Waals surface area (Å²) >= 11 is 0. The third-order valence-corrected chi connectivity index (χ3v) is 11.1. The number of halogens is 2. The highest BCUT2D eigenvalue weighted by Gasteiger charge is 2.56. The van der Waals surface area contributed by atoms with Gasteiger partial charge in [-0.2, -0.15) is 0 Å². The number of benzene rings is 2. The van der Waals surface area contributed by atoms with Gasteiger partial charge < -0.3 is 34.6 Å². The second-order valence-corrected chi connectivity index (χ2v) is 14.7. The number of morpholine rings is 1. The summed E-state index contributed by atoms with van der Waals surface area (Å²) in [7, 11) is 0. The Morgan fingerprint density at radius 1 is 1.19 bits per heavy atom. The Bertz CT molecular complexity index is 2180. The average molecular weight is 726 g/mol. The van der Waals surface area contributed by atoms with Crippen molar-refractivity contribution < 1.29 is 38.0 Å². The van der Waals surface area contributed by atoms with E-state index in [4.69, 9.17) is 25.6 Å². The van der Waals surface area contributed by atoms with Crippen molar-refractivity contribution in [1.29, 1.82) is 0 Å². The first-order chi connectivity index (χ1) is 25.5. The van der Waals surface area contributed by atoms with Crippen LogP contribution in [0.1, 0.15) is 37.3 Å². The van der Waals surface area contributed by atoms with E-state index in [-0.39, 0.29) is 76.9 Å². The van der Waals surface area contributed by atoms with Crippen molar-refractivity contribution in [3.8, 4) is 35.2 Å². The van der Waals surface area contributed by atoms with Crippen LogP contribution < -0.4 is 15.0 Å². The molecule has 8 rings (SSSR count). The van der Waals surface area contributed by atoms with Crippen molar-refractivity contribution in [3.63, 3.8) is 0 Å². The van der Waals surface area contributed by atoms with Gasteiger partial charge in [-0.25, -0.2) is 13.8 Å². The lowest BCUT2D eigenvalue weighted by atomic mass is 9.80. The first kappa shape index (κ1) is 35.2. The summed E-state index contributed by atoms with van der Waals surface area (Å²) in [5.74, 6) is 0.416. The number of aromatic hydroxyl groups is 1. The quantitative estimate of drug-likeness (QED) is 0.186. The largest absolute Gasteiger partial charge is 0.508 e. The van der Waals surface area contributed by atoms with E-state index in [0.717, 1.165) is 32.5 Å². The lowest BCUT2D eigenvalue weighted by molar-refractivity contribution is -0.117. The van der Waals surface area contributed by atoms with Crippen molar-refractivity contribution in [2.45, 2.75) is 43.9 Å². The maximum absolute atomic E-state index is 17.3. The number of rotatable bonds is 7. The summed E-state index contributed by atoms with van der Waals surface area (Å²) in [5, 5.41) is 26.9. The zero-order valence-electron chi connectivity index (χ0n) is 29.5. The molecule has 4 aliphatic rings. The molecule has 53 heavy (non-hydrogen) atoms. The Kier molecular flexibility index (Phi) is 8.97. The number of amides is 1. The number of terminal acetylenes is 1. The van der Waals surface area contributed by atoms with Crippen LogP contribution in [0, 0.1) is 29.4 Å². The molecule has 4 aromatic rings. The van der Waals surface area contributed by atoms with E-state index in [1.165, 1.54) is 36.5 Å². The Balaban J connectivity index is 1.32. The van der Waals surface area contributed by atoms with E-state index in [2.05, 4.69) is 27.7 Å². The van der Waals surface area contributed by atoms with Crippen LogP contribution in [0.5, 0.6) is 11.6 Å². The van der Waals surface area contributed by atoms with Crippen LogP contribution in [0.15, 0.2) is 43.1 Å². The van der Waals surface area contributed by atoms with Gasteiger partial charge >= 0.3 is 0 Å². The third-order valence-electron chi connectivity index (χ3n) is 11.1. The molecule has 3 fully saturated rings. The van der Waals surface area contributed by atoms with Crippen molar-refractivity contribution in [3.05, 3.63) is 65.9 Å². The molecular weight excluding hydrogens is 684 g/mol. The van der Waals surface area contributed by atoms with Gasteiger partial charge in [-0.15, -0.1) is 6.42 Å². The number of pyridine rings is 2. The first-order valence-electron chi connectivity index (χ1n) is 17.9. The highest BCUT2D eigenvalue weighted by molar-refractivity contribution is 6.03. The predicted octanol–water partition coefficient (Wildman–Crippen LogP) is 4.39. The van der Waals surface area contributed by atoms with Gasteiger partial charge in [-0.1, -0.05) is 18.6 Å². The minimum Gasteiger partial charge on any atom is -0.508 e. The summed E-state index contributed by atoms with van der Waals surface area (Å²) in [4.78, 5) is 26.0. The van der Waals surface area contributed by atoms with E-state index < -0.39 is 29.4 Å². The van der Waals surface area contributed by atoms with Crippen LogP contribution in [0.3, 0.4) is 0 Å². The summed E-state index contributed by atoms with van der Waals surface area (Å²) in [5.41, 5.74) is -1.09. The number of nitrogens with zero attached hydrogens (tertiary/aromatic N) is 4. The molecule has 0 unspecified atom stereocenters. The Hall–Kier alpha value is -4.87. The fraction of sp³-hybridized carbons (Fsp3) is 0.425. The molecule has 0 bridgehead atoms. The zero-order chi connectivity index (χ0) is 37.1. The van der Waals surface area contributed by atoms with E-state index in [0.29, 0.717) is 41.8 Å². The number of phenolic OH excluding ortho intramolecular Hbond substituents is 1. The topological polar surface area (TPSA) is 130 Å². The number of nitrogens with one attached hydrogen (secondary N) is 1. The van der Waals surface area contributed by atoms with Crippen LogP contribution in [-0.2, 0) is 19.9 Å². The fourth-order valence-electron chi connectivity index (χ4n) is 8.28. The molecule has 5 heterocycles. The molecule has 3 N–H and O–H groups in total. The lowest BCUT2D eigenvalue weighted by Crippen LogP contribution is -2.49. The highest BCUT2D eigenvalue weighted by atomic mass is 19.1. The standard InChI is InChI=1S/C40H41F2N5O6/c1-4-26-29(41)7-6-23-16-25(48)17-27(32(23)26)35-34(42)36-28(19-43-35)37(47-12-15-52-21-24(20-47)44-31(49)5-2)33-38(45-36)53-30(18-39(33,3)50)40(8-9-40)22-46-10-13-51-14-11-46/h1,5-7,16-17,19,24,30,48,50H,2,8-15,18,20-22H2,3H3,(H,44,49)/t24-,30+,39+/m1/s1. The van der Waals surface area contributed by atoms with Crippen molar-refractivity contribution >= 4 is 33.3 Å². The summed E-state index contributed by atoms with van der Waals surface area (Å²) in [6.45, 7) is 10.1. The Morgan fingerprint density at radius 2 is 1.96 bits per heavy atom. The summed E-state index contributed by atoms with van der Waals surface area (Å²) in [6, 6.07) is 4.93. The van der Waals surface area contributed by atoms with E-state index in [9.17, 15) is 15.0 Å². The molecule has 2 aromatic carbocycles. The molecule has 0 spiro atoms. The monoisotopic (exact) mass is 725 g/mol. The van der Waals surface area contributed by atoms with Gasteiger partial charge in [0.1, 0.15) is 28.9 Å². The second kappa shape index (κ2) is 13.5. The maximum Gasteiger partial charge on any atom is 0.243 e. The fourth-order valence-corrected chi connectivity index (χ4v) is 8.28. The number of aromatic nitrogens is 2. The van der Waals surface area contributed by atoms with Gasteiger partial charge in [-0.05, 0) is 49.4 Å². The van der Waals surface area contributed by atoms with Gasteiger partial charge in [0.15, 0.2) is 5.82 Å². The highest BCUT2D eigenvalue weighted by Crippen LogP contribution is 2.57. The number of aliphatic hydroxyl groups is 1. The van der Waals surface area contributed by atoms with Crippen LogP contribution in [0.4, 0.5) is 14.5 Å². The van der Waals surface area contributed by atoms with Crippen molar-refractivity contribution in [1.82, 2.24) is 20.2 Å². The molecule has 3 atom stereocenters. The van der Waals surface area contributed by atoms with Crippen molar-refractivity contribution in [2.75, 3.05) is 64.1 Å². The van der Waals surface area contributed by atoms with E-state index in [1.54, 1.807) is 6.92 Å². The summed E-state index contributed by atoms with van der Waals surface area (Å²) < 4.78 is 50.5. The lowest BCUT2D eigenvalue weighted by Gasteiger charge is -2.43. The molecule has 2 aromatic heterocycles. The summed E-state index contributed by atoms with van der Waals surface area (Å²) in [6.07, 6.45) is 10.1. The average Bonchev–Trinajstić information content (AvgIpc) is 3.96. The van der Waals surface area contributed by atoms with Crippen LogP contribution in [0.2, 0.25) is 0 Å². The SMILES string of the molecule is C#Cc1c(F)ccc2cc(O)cc(-c3ncc4c(N5CCOC[C@H](NC(=O)C=C)C5)c5c(nc4c3F)O[C@H](C3(CN4CCOCC4)CC3)C[C@]5(C)O)c12.